The van der Waals surface area contributed by atoms with Crippen molar-refractivity contribution in [2.24, 2.45) is 16.8 Å². The fourth-order valence-corrected chi connectivity index (χ4v) is 1.25. The van der Waals surface area contributed by atoms with Crippen molar-refractivity contribution in [3.63, 3.8) is 0 Å². The highest BCUT2D eigenvalue weighted by Gasteiger charge is 2.19. The van der Waals surface area contributed by atoms with Gasteiger partial charge in [-0.2, -0.15) is 0 Å². The maximum Gasteiger partial charge on any atom is 0.254 e. The van der Waals surface area contributed by atoms with Gasteiger partial charge in [0, 0.05) is 12.5 Å². The number of hydrogen-bond donors (Lipinski definition) is 3. The topological polar surface area (TPSA) is 87.7 Å². The first-order valence-electron chi connectivity index (χ1n) is 5.27. The average Bonchev–Trinajstić information content (AvgIpc) is 2.41. The number of carbonyl (C=O) groups is 1. The summed E-state index contributed by atoms with van der Waals surface area (Å²) in [6.45, 7) is 1.50. The van der Waals surface area contributed by atoms with Gasteiger partial charge in [-0.25, -0.2) is 13.2 Å². The minimum Gasteiger partial charge on any atom is -0.409 e. The molecule has 0 saturated heterocycles. The molecule has 1 unspecified atom stereocenters. The number of carbonyl (C=O) groups excluding carboxylic acids is 1. The van der Waals surface area contributed by atoms with Crippen LogP contribution in [0, 0.1) is 23.4 Å². The molecule has 0 aliphatic carbocycles. The van der Waals surface area contributed by atoms with E-state index in [0.29, 0.717) is 6.07 Å². The van der Waals surface area contributed by atoms with Crippen molar-refractivity contribution < 1.29 is 23.2 Å². The van der Waals surface area contributed by atoms with Crippen LogP contribution in [0.15, 0.2) is 17.3 Å². The standard InChI is InChI=1S/C11H12F3N3O2/c1-5(10(15)17-19)4-16-11(18)6-2-3-7(12)9(14)8(6)13/h2-3,5,19H,4H2,1H3,(H2,15,17)(H,16,18). The van der Waals surface area contributed by atoms with E-state index in [9.17, 15) is 18.0 Å². The number of nitrogens with zero attached hydrogens (tertiary/aromatic N) is 1. The number of benzene rings is 1. The Kier molecular flexibility index (Phi) is 4.74. The van der Waals surface area contributed by atoms with Gasteiger partial charge in [0.2, 0.25) is 0 Å². The molecule has 0 saturated carbocycles. The van der Waals surface area contributed by atoms with Crippen LogP contribution < -0.4 is 11.1 Å². The monoisotopic (exact) mass is 275 g/mol. The van der Waals surface area contributed by atoms with Crippen molar-refractivity contribution in [3.8, 4) is 0 Å². The Bertz CT molecular complexity index is 520. The lowest BCUT2D eigenvalue weighted by atomic mass is 10.1. The Balaban J connectivity index is 2.78. The second-order valence-corrected chi connectivity index (χ2v) is 3.86. The molecule has 0 bridgehead atoms. The Hall–Kier alpha value is -2.25. The van der Waals surface area contributed by atoms with Gasteiger partial charge in [-0.05, 0) is 12.1 Å². The minimum absolute atomic E-state index is 0.0485. The Morgan fingerprint density at radius 2 is 2.05 bits per heavy atom. The molecular formula is C11H12F3N3O2. The van der Waals surface area contributed by atoms with Crippen LogP contribution in [0.2, 0.25) is 0 Å². The number of amides is 1. The van der Waals surface area contributed by atoms with E-state index >= 15 is 0 Å². The highest BCUT2D eigenvalue weighted by Crippen LogP contribution is 2.15. The molecule has 0 radical (unpaired) electrons. The second kappa shape index (κ2) is 6.07. The SMILES string of the molecule is CC(CNC(=O)c1ccc(F)c(F)c1F)C(N)=NO. The van der Waals surface area contributed by atoms with Crippen LogP contribution in [0.1, 0.15) is 17.3 Å². The van der Waals surface area contributed by atoms with E-state index in [-0.39, 0.29) is 12.4 Å². The fourth-order valence-electron chi connectivity index (χ4n) is 1.25. The molecule has 1 aromatic rings. The summed E-state index contributed by atoms with van der Waals surface area (Å²) in [5.41, 5.74) is 4.66. The lowest BCUT2D eigenvalue weighted by molar-refractivity contribution is 0.0945. The molecule has 0 fully saturated rings. The van der Waals surface area contributed by atoms with Crippen molar-refractivity contribution in [1.29, 1.82) is 0 Å². The molecule has 1 atom stereocenters. The quantitative estimate of drug-likeness (QED) is 0.254. The van der Waals surface area contributed by atoms with Gasteiger partial charge >= 0.3 is 0 Å². The van der Waals surface area contributed by atoms with Crippen molar-refractivity contribution in [2.45, 2.75) is 6.92 Å². The molecule has 1 rings (SSSR count). The predicted molar refractivity (Wildman–Crippen MR) is 61.2 cm³/mol. The number of halogens is 3. The molecule has 4 N–H and O–H groups in total. The van der Waals surface area contributed by atoms with Crippen LogP contribution in [-0.4, -0.2) is 23.5 Å². The molecule has 104 valence electrons. The van der Waals surface area contributed by atoms with E-state index in [1.807, 2.05) is 0 Å². The third-order valence-electron chi connectivity index (χ3n) is 2.47. The van der Waals surface area contributed by atoms with Crippen molar-refractivity contribution in [1.82, 2.24) is 5.32 Å². The van der Waals surface area contributed by atoms with Crippen LogP contribution in [0.3, 0.4) is 0 Å². The Labute approximate surface area is 106 Å². The smallest absolute Gasteiger partial charge is 0.254 e. The van der Waals surface area contributed by atoms with E-state index in [2.05, 4.69) is 10.5 Å². The third kappa shape index (κ3) is 3.36. The van der Waals surface area contributed by atoms with Crippen LogP contribution in [0.4, 0.5) is 13.2 Å². The molecule has 0 spiro atoms. The minimum atomic E-state index is -1.71. The zero-order chi connectivity index (χ0) is 14.6. The zero-order valence-corrected chi connectivity index (χ0v) is 9.95. The number of rotatable bonds is 4. The van der Waals surface area contributed by atoms with E-state index in [4.69, 9.17) is 10.9 Å². The lowest BCUT2D eigenvalue weighted by Gasteiger charge is -2.11. The van der Waals surface area contributed by atoms with E-state index in [0.717, 1.165) is 6.07 Å². The van der Waals surface area contributed by atoms with Gasteiger partial charge in [-0.3, -0.25) is 4.79 Å². The van der Waals surface area contributed by atoms with Crippen molar-refractivity contribution >= 4 is 11.7 Å². The fraction of sp³-hybridized carbons (Fsp3) is 0.273. The van der Waals surface area contributed by atoms with Gasteiger partial charge in [-0.15, -0.1) is 0 Å². The normalized spacial score (nSPS) is 13.2. The summed E-state index contributed by atoms with van der Waals surface area (Å²) in [6, 6.07) is 1.48. The number of nitrogens with one attached hydrogen (secondary N) is 1. The molecule has 0 heterocycles. The highest BCUT2D eigenvalue weighted by molar-refractivity contribution is 5.94. The van der Waals surface area contributed by atoms with E-state index in [1.165, 1.54) is 0 Å². The number of oxime groups is 1. The average molecular weight is 275 g/mol. The summed E-state index contributed by atoms with van der Waals surface area (Å²) in [6.07, 6.45) is 0. The second-order valence-electron chi connectivity index (χ2n) is 3.86. The van der Waals surface area contributed by atoms with Crippen molar-refractivity contribution in [2.75, 3.05) is 6.54 Å². The van der Waals surface area contributed by atoms with Crippen LogP contribution in [0.25, 0.3) is 0 Å². The predicted octanol–water partition coefficient (Wildman–Crippen LogP) is 1.22. The third-order valence-corrected chi connectivity index (χ3v) is 2.47. The summed E-state index contributed by atoms with van der Waals surface area (Å²) in [5, 5.41) is 13.4. The van der Waals surface area contributed by atoms with E-state index in [1.54, 1.807) is 6.92 Å². The zero-order valence-electron chi connectivity index (χ0n) is 9.95. The Morgan fingerprint density at radius 3 is 2.63 bits per heavy atom. The lowest BCUT2D eigenvalue weighted by Crippen LogP contribution is -2.35. The molecule has 0 aromatic heterocycles. The van der Waals surface area contributed by atoms with Gasteiger partial charge in [0.25, 0.3) is 5.91 Å². The molecule has 1 aromatic carbocycles. The number of amidine groups is 1. The van der Waals surface area contributed by atoms with Crippen LogP contribution in [0.5, 0.6) is 0 Å². The van der Waals surface area contributed by atoms with Crippen LogP contribution >= 0.6 is 0 Å². The summed E-state index contributed by atoms with van der Waals surface area (Å²) < 4.78 is 38.9. The summed E-state index contributed by atoms with van der Waals surface area (Å²) in [7, 11) is 0. The first-order chi connectivity index (χ1) is 8.88. The molecule has 19 heavy (non-hydrogen) atoms. The highest BCUT2D eigenvalue weighted by atomic mass is 19.2. The molecule has 0 aliphatic rings. The summed E-state index contributed by atoms with van der Waals surface area (Å²) >= 11 is 0. The molecule has 1 amide bonds. The molecule has 5 nitrogen and oxygen atoms in total. The summed E-state index contributed by atoms with van der Waals surface area (Å²) in [4.78, 5) is 11.6. The largest absolute Gasteiger partial charge is 0.409 e. The summed E-state index contributed by atoms with van der Waals surface area (Å²) in [5.74, 6) is -6.19. The van der Waals surface area contributed by atoms with Crippen LogP contribution in [-0.2, 0) is 0 Å². The van der Waals surface area contributed by atoms with Gasteiger partial charge < -0.3 is 16.3 Å². The van der Waals surface area contributed by atoms with Gasteiger partial charge in [0.15, 0.2) is 17.5 Å². The van der Waals surface area contributed by atoms with Gasteiger partial charge in [0.05, 0.1) is 5.56 Å². The number of nitrogens with two attached hydrogens (primary N) is 1. The molecule has 8 heteroatoms. The van der Waals surface area contributed by atoms with E-state index < -0.39 is 34.8 Å². The van der Waals surface area contributed by atoms with Gasteiger partial charge in [0.1, 0.15) is 5.84 Å². The maximum atomic E-state index is 13.3. The first kappa shape index (κ1) is 14.8. The number of hydrogen-bond acceptors (Lipinski definition) is 3. The molecular weight excluding hydrogens is 263 g/mol. The van der Waals surface area contributed by atoms with Gasteiger partial charge in [-0.1, -0.05) is 12.1 Å². The maximum absolute atomic E-state index is 13.3. The van der Waals surface area contributed by atoms with Crippen molar-refractivity contribution in [3.05, 3.63) is 35.1 Å². The first-order valence-corrected chi connectivity index (χ1v) is 5.27. The molecule has 0 aliphatic heterocycles. The Morgan fingerprint density at radius 1 is 1.42 bits per heavy atom.